The lowest BCUT2D eigenvalue weighted by atomic mass is 10.1. The number of benzene rings is 5. The van der Waals surface area contributed by atoms with Crippen LogP contribution >= 0.6 is 0 Å². The summed E-state index contributed by atoms with van der Waals surface area (Å²) in [5.41, 5.74) is 5.53. The van der Waals surface area contributed by atoms with Crippen molar-refractivity contribution in [3.05, 3.63) is 155 Å². The van der Waals surface area contributed by atoms with Crippen LogP contribution in [0.15, 0.2) is 141 Å². The van der Waals surface area contributed by atoms with Crippen molar-refractivity contribution in [2.45, 2.75) is 60.4 Å². The van der Waals surface area contributed by atoms with Gasteiger partial charge >= 0.3 is 0 Å². The van der Waals surface area contributed by atoms with Gasteiger partial charge < -0.3 is 0 Å². The van der Waals surface area contributed by atoms with Crippen molar-refractivity contribution in [1.82, 2.24) is 27.0 Å². The number of hydrogen-bond acceptors (Lipinski definition) is 10. The van der Waals surface area contributed by atoms with Crippen LogP contribution in [0.4, 0.5) is 0 Å². The zero-order valence-corrected chi connectivity index (χ0v) is 41.3. The molecule has 354 valence electrons. The third-order valence-electron chi connectivity index (χ3n) is 12.3. The molecule has 0 atom stereocenters. The molecule has 0 N–H and O–H groups in total. The van der Waals surface area contributed by atoms with E-state index in [1.807, 2.05) is 52.0 Å². The summed E-state index contributed by atoms with van der Waals surface area (Å²) in [7, 11) is -15.9. The molecule has 2 heterocycles. The van der Waals surface area contributed by atoms with E-state index in [4.69, 9.17) is 0 Å². The van der Waals surface area contributed by atoms with Gasteiger partial charge in [0.25, 0.3) is 0 Å². The van der Waals surface area contributed by atoms with Gasteiger partial charge in [-0.05, 0) is 87.4 Å². The molecular formula is C48H60N6O8S4. The Morgan fingerprint density at radius 3 is 0.758 bits per heavy atom. The van der Waals surface area contributed by atoms with Gasteiger partial charge in [0.15, 0.2) is 0 Å². The van der Waals surface area contributed by atoms with Crippen molar-refractivity contribution < 1.29 is 33.7 Å². The molecule has 2 aliphatic rings. The molecule has 2 fully saturated rings. The summed E-state index contributed by atoms with van der Waals surface area (Å²) in [6.07, 6.45) is 0. The van der Waals surface area contributed by atoms with Crippen LogP contribution in [0.3, 0.4) is 0 Å². The van der Waals surface area contributed by atoms with Gasteiger partial charge in [-0.2, -0.15) is 17.2 Å². The lowest BCUT2D eigenvalue weighted by molar-refractivity contribution is 0.243. The van der Waals surface area contributed by atoms with Gasteiger partial charge in [-0.3, -0.25) is 9.80 Å². The quantitative estimate of drug-likeness (QED) is 0.161. The Balaban J connectivity index is 1.13. The van der Waals surface area contributed by atoms with E-state index in [9.17, 15) is 33.7 Å². The molecule has 0 radical (unpaired) electrons. The minimum atomic E-state index is -3.97. The minimum Gasteiger partial charge on any atom is -0.296 e. The molecule has 0 aliphatic carbocycles. The van der Waals surface area contributed by atoms with Crippen LogP contribution < -0.4 is 0 Å². The first-order chi connectivity index (χ1) is 31.3. The molecule has 2 saturated heterocycles. The van der Waals surface area contributed by atoms with E-state index < -0.39 is 40.1 Å². The lowest BCUT2D eigenvalue weighted by Crippen LogP contribution is -2.41. The maximum Gasteiger partial charge on any atom is 0.243 e. The minimum absolute atomic E-state index is 0.0199. The summed E-state index contributed by atoms with van der Waals surface area (Å²) in [6, 6.07) is 34.5. The second kappa shape index (κ2) is 20.9. The van der Waals surface area contributed by atoms with Gasteiger partial charge in [0.1, 0.15) is 0 Å². The Kier molecular flexibility index (Phi) is 15.7. The first kappa shape index (κ1) is 49.6. The van der Waals surface area contributed by atoms with E-state index in [1.165, 1.54) is 17.2 Å². The number of aryl methyl sites for hydroxylation is 4. The van der Waals surface area contributed by atoms with Crippen LogP contribution in [0.1, 0.15) is 33.4 Å². The number of hydrogen-bond donors (Lipinski definition) is 0. The van der Waals surface area contributed by atoms with Gasteiger partial charge in [-0.25, -0.2) is 33.7 Å². The van der Waals surface area contributed by atoms with E-state index in [0.29, 0.717) is 39.3 Å². The molecule has 14 nitrogen and oxygen atoms in total. The third kappa shape index (κ3) is 11.8. The number of nitrogens with zero attached hydrogens (tertiary/aromatic N) is 6. The molecular weight excluding hydrogens is 917 g/mol. The highest BCUT2D eigenvalue weighted by Crippen LogP contribution is 2.24. The second-order valence-corrected chi connectivity index (χ2v) is 25.0. The van der Waals surface area contributed by atoms with Crippen molar-refractivity contribution in [1.29, 1.82) is 0 Å². The van der Waals surface area contributed by atoms with E-state index in [1.54, 1.807) is 97.1 Å². The Morgan fingerprint density at radius 2 is 0.530 bits per heavy atom. The first-order valence-electron chi connectivity index (χ1n) is 22.1. The van der Waals surface area contributed by atoms with E-state index in [2.05, 4.69) is 9.80 Å². The van der Waals surface area contributed by atoms with Crippen LogP contribution in [0, 0.1) is 27.7 Å². The number of sulfonamides is 4. The molecule has 2 aliphatic heterocycles. The predicted octanol–water partition coefficient (Wildman–Crippen LogP) is 5.32. The fraction of sp³-hybridized carbons (Fsp3) is 0.375. The maximum absolute atomic E-state index is 14.1. The molecule has 0 unspecified atom stereocenters. The third-order valence-corrected chi connectivity index (χ3v) is 20.0. The zero-order valence-electron chi connectivity index (χ0n) is 38.0. The summed E-state index contributed by atoms with van der Waals surface area (Å²) < 4.78 is 118. The molecule has 0 bridgehead atoms. The summed E-state index contributed by atoms with van der Waals surface area (Å²) in [6.45, 7) is 10.2. The molecule has 0 saturated carbocycles. The highest BCUT2D eigenvalue weighted by atomic mass is 32.2. The standard InChI is InChI=1S/C48H60N6O8S4/c1-39-8-16-45(17-9-39)63(55,56)51-28-24-49(25-29-52(33-32-51)64(57,58)46-18-10-40(2)11-19-46)37-43-6-5-7-44(36-43)38-50-26-30-53(65(59,60)47-20-12-41(3)13-21-47)34-35-54(31-27-50)66(61,62)48-22-14-42(4)15-23-48/h5-23,36H,24-35,37-38H2,1-4H3. The van der Waals surface area contributed by atoms with Crippen LogP contribution in [-0.4, -0.2) is 139 Å². The Labute approximate surface area is 392 Å². The Bertz CT molecular complexity index is 2530. The molecule has 5 aromatic rings. The van der Waals surface area contributed by atoms with Crippen molar-refractivity contribution in [2.75, 3.05) is 78.5 Å². The number of rotatable bonds is 12. The lowest BCUT2D eigenvalue weighted by Gasteiger charge is -2.27. The summed E-state index contributed by atoms with van der Waals surface area (Å²) in [5, 5.41) is 0. The Morgan fingerprint density at radius 1 is 0.318 bits per heavy atom. The zero-order chi connectivity index (χ0) is 47.3. The Hall–Kier alpha value is -4.34. The molecule has 0 amide bonds. The summed E-state index contributed by atoms with van der Waals surface area (Å²) in [4.78, 5) is 4.72. The molecule has 0 aromatic heterocycles. The highest BCUT2D eigenvalue weighted by Gasteiger charge is 2.33. The van der Waals surface area contributed by atoms with Gasteiger partial charge in [0.05, 0.1) is 19.6 Å². The SMILES string of the molecule is Cc1ccc(S(=O)(=O)N2CCN(Cc3cccc(CN4CCN(S(=O)(=O)c5ccc(C)cc5)CCN(S(=O)(=O)c5ccc(C)cc5)CC4)c3)CCN(S(=O)(=O)c3ccc(C)cc3)CC2)cc1. The largest absolute Gasteiger partial charge is 0.296 e. The average molecular weight is 977 g/mol. The van der Waals surface area contributed by atoms with Gasteiger partial charge in [-0.1, -0.05) is 95.1 Å². The van der Waals surface area contributed by atoms with Crippen molar-refractivity contribution in [2.24, 2.45) is 0 Å². The van der Waals surface area contributed by atoms with Crippen molar-refractivity contribution >= 4 is 40.1 Å². The van der Waals surface area contributed by atoms with Crippen LogP contribution in [0.25, 0.3) is 0 Å². The molecule has 0 spiro atoms. The van der Waals surface area contributed by atoms with Gasteiger partial charge in [0, 0.05) is 91.6 Å². The topological polar surface area (TPSA) is 156 Å². The van der Waals surface area contributed by atoms with Gasteiger partial charge in [0.2, 0.25) is 40.1 Å². The van der Waals surface area contributed by atoms with E-state index in [0.717, 1.165) is 33.4 Å². The summed E-state index contributed by atoms with van der Waals surface area (Å²) in [5.74, 6) is 0. The fourth-order valence-electron chi connectivity index (χ4n) is 8.19. The van der Waals surface area contributed by atoms with Crippen molar-refractivity contribution in [3.63, 3.8) is 0 Å². The van der Waals surface area contributed by atoms with Gasteiger partial charge in [-0.15, -0.1) is 0 Å². The fourth-order valence-corrected chi connectivity index (χ4v) is 13.9. The van der Waals surface area contributed by atoms with Crippen LogP contribution in [0.5, 0.6) is 0 Å². The summed E-state index contributed by atoms with van der Waals surface area (Å²) >= 11 is 0. The molecule has 18 heteroatoms. The molecule has 5 aromatic carbocycles. The first-order valence-corrected chi connectivity index (χ1v) is 27.9. The highest BCUT2D eigenvalue weighted by molar-refractivity contribution is 7.90. The monoisotopic (exact) mass is 976 g/mol. The van der Waals surface area contributed by atoms with Crippen LogP contribution in [0.2, 0.25) is 0 Å². The molecule has 66 heavy (non-hydrogen) atoms. The van der Waals surface area contributed by atoms with E-state index in [-0.39, 0.29) is 71.9 Å². The molecule has 7 rings (SSSR count). The predicted molar refractivity (Wildman–Crippen MR) is 257 cm³/mol. The maximum atomic E-state index is 14.1. The normalized spacial score (nSPS) is 18.1. The van der Waals surface area contributed by atoms with Crippen molar-refractivity contribution in [3.8, 4) is 0 Å². The van der Waals surface area contributed by atoms with Crippen LogP contribution in [-0.2, 0) is 53.2 Å². The van der Waals surface area contributed by atoms with E-state index >= 15 is 0 Å². The smallest absolute Gasteiger partial charge is 0.243 e. The second-order valence-electron chi connectivity index (χ2n) is 17.2. The average Bonchev–Trinajstić information content (AvgIpc) is 3.46.